The van der Waals surface area contributed by atoms with Crippen molar-refractivity contribution in [2.75, 3.05) is 0 Å². The van der Waals surface area contributed by atoms with Gasteiger partial charge in [-0.05, 0) is 46.2 Å². The maximum Gasteiger partial charge on any atom is 0.170 e. The Hall–Kier alpha value is -4.70. The van der Waals surface area contributed by atoms with Gasteiger partial charge in [0.25, 0.3) is 0 Å². The van der Waals surface area contributed by atoms with E-state index in [0.29, 0.717) is 0 Å². The van der Waals surface area contributed by atoms with E-state index in [2.05, 4.69) is 78.1 Å². The Balaban J connectivity index is 1.53. The van der Waals surface area contributed by atoms with Gasteiger partial charge in [0.2, 0.25) is 0 Å². The van der Waals surface area contributed by atoms with E-state index in [1.54, 1.807) is 6.20 Å². The number of fused-ring (bicyclic) bond motifs is 1. The minimum Gasteiger partial charge on any atom is -0.404 e. The molecule has 2 aliphatic rings. The molecule has 0 saturated heterocycles. The smallest absolute Gasteiger partial charge is 0.170 e. The van der Waals surface area contributed by atoms with Crippen molar-refractivity contribution in [1.82, 2.24) is 5.32 Å². The highest BCUT2D eigenvalue weighted by molar-refractivity contribution is 6.16. The topological polar surface area (TPSA) is 62.8 Å². The number of hydrogen-bond acceptors (Lipinski definition) is 4. The molecule has 0 amide bonds. The van der Waals surface area contributed by atoms with Crippen LogP contribution in [0.25, 0.3) is 16.3 Å². The first kappa shape index (κ1) is 21.8. The molecule has 0 unspecified atom stereocenters. The van der Waals surface area contributed by atoms with Crippen molar-refractivity contribution < 1.29 is 0 Å². The summed E-state index contributed by atoms with van der Waals surface area (Å²) in [4.78, 5) is 10.2. The van der Waals surface area contributed by atoms with E-state index >= 15 is 0 Å². The Morgan fingerprint density at radius 3 is 1.92 bits per heavy atom. The van der Waals surface area contributed by atoms with Crippen molar-refractivity contribution in [3.05, 3.63) is 149 Å². The van der Waals surface area contributed by atoms with Gasteiger partial charge < -0.3 is 11.1 Å². The highest BCUT2D eigenvalue weighted by atomic mass is 15.2. The fraction of sp³-hybridized carbons (Fsp3) is 0.0625. The number of allylic oxidation sites excluding steroid dienone is 5. The molecule has 4 aromatic carbocycles. The largest absolute Gasteiger partial charge is 0.404 e. The molecule has 0 spiro atoms. The second-order valence-electron chi connectivity index (χ2n) is 8.95. The summed E-state index contributed by atoms with van der Waals surface area (Å²) < 4.78 is 0. The summed E-state index contributed by atoms with van der Waals surface area (Å²) >= 11 is 0. The monoisotopic (exact) mass is 466 g/mol. The Morgan fingerprint density at radius 1 is 0.750 bits per heavy atom. The van der Waals surface area contributed by atoms with E-state index < -0.39 is 0 Å². The van der Waals surface area contributed by atoms with Gasteiger partial charge in [-0.25, -0.2) is 9.98 Å². The molecule has 0 saturated carbocycles. The summed E-state index contributed by atoms with van der Waals surface area (Å²) in [6, 6.07) is 33.3. The van der Waals surface area contributed by atoms with E-state index in [0.717, 1.165) is 39.3 Å². The molecule has 3 N–H and O–H groups in total. The molecule has 36 heavy (non-hydrogen) atoms. The summed E-state index contributed by atoms with van der Waals surface area (Å²) in [5, 5.41) is 5.81. The molecule has 4 heteroatoms. The molecule has 0 fully saturated rings. The normalized spacial score (nSPS) is 15.9. The predicted octanol–water partition coefficient (Wildman–Crippen LogP) is 6.52. The standard InChI is InChI=1S/C32H26N4/c1-21(20-33)25-18-19-26(25)27-16-8-14-22-15-9-17-28(29(22)27)32-35-30(23-10-4-2-5-11-23)34-31(36-32)24-12-6-3-7-13-24/h2-20,32H,33H2,1H3,(H,34,35,36)/b21-20+. The van der Waals surface area contributed by atoms with Crippen LogP contribution in [0.1, 0.15) is 35.3 Å². The second kappa shape index (κ2) is 9.16. The molecule has 0 aromatic heterocycles. The van der Waals surface area contributed by atoms with Crippen LogP contribution in [0.15, 0.2) is 137 Å². The average molecular weight is 467 g/mol. The number of rotatable bonds is 5. The summed E-state index contributed by atoms with van der Waals surface area (Å²) in [6.45, 7) is 2.05. The Kier molecular flexibility index (Phi) is 5.55. The second-order valence-corrected chi connectivity index (χ2v) is 8.95. The zero-order valence-corrected chi connectivity index (χ0v) is 20.0. The summed E-state index contributed by atoms with van der Waals surface area (Å²) in [5.74, 6) is 1.63. The molecule has 0 atom stereocenters. The summed E-state index contributed by atoms with van der Waals surface area (Å²) in [6.07, 6.45) is 5.57. The lowest BCUT2D eigenvalue weighted by atomic mass is 9.83. The zero-order chi connectivity index (χ0) is 24.5. The van der Waals surface area contributed by atoms with Crippen LogP contribution in [0.2, 0.25) is 0 Å². The third kappa shape index (κ3) is 3.83. The van der Waals surface area contributed by atoms with E-state index in [-0.39, 0.29) is 6.17 Å². The average Bonchev–Trinajstić information content (AvgIpc) is 2.93. The van der Waals surface area contributed by atoms with Crippen molar-refractivity contribution >= 4 is 28.0 Å². The zero-order valence-electron chi connectivity index (χ0n) is 20.0. The van der Waals surface area contributed by atoms with Gasteiger partial charge in [0.05, 0.1) is 0 Å². The highest BCUT2D eigenvalue weighted by Gasteiger charge is 2.25. The van der Waals surface area contributed by atoms with Gasteiger partial charge in [0.1, 0.15) is 11.7 Å². The lowest BCUT2D eigenvalue weighted by molar-refractivity contribution is 0.762. The SMILES string of the molecule is C/C(=C\N)C1=CC=C1c1cccc2cccc(C3N=C(c4ccccc4)NC(c4ccccc4)=N3)c12. The Labute approximate surface area is 210 Å². The first-order valence-corrected chi connectivity index (χ1v) is 12.1. The van der Waals surface area contributed by atoms with E-state index in [9.17, 15) is 0 Å². The van der Waals surface area contributed by atoms with Crippen LogP contribution in [-0.2, 0) is 0 Å². The quantitative estimate of drug-likeness (QED) is 0.352. The molecule has 4 nitrogen and oxygen atoms in total. The molecular formula is C32H26N4. The van der Waals surface area contributed by atoms with Crippen LogP contribution in [0, 0.1) is 0 Å². The van der Waals surface area contributed by atoms with Gasteiger partial charge >= 0.3 is 0 Å². The maximum atomic E-state index is 5.85. The lowest BCUT2D eigenvalue weighted by Gasteiger charge is -2.25. The molecule has 1 heterocycles. The van der Waals surface area contributed by atoms with Crippen LogP contribution >= 0.6 is 0 Å². The van der Waals surface area contributed by atoms with Crippen LogP contribution in [0.5, 0.6) is 0 Å². The van der Waals surface area contributed by atoms with Crippen LogP contribution in [0.4, 0.5) is 0 Å². The number of nitrogens with two attached hydrogens (primary N) is 1. The number of aliphatic imine (C=N–C) groups is 2. The number of amidine groups is 2. The van der Waals surface area contributed by atoms with Gasteiger partial charge in [0, 0.05) is 16.7 Å². The predicted molar refractivity (Wildman–Crippen MR) is 150 cm³/mol. The minimum atomic E-state index is -0.388. The van der Waals surface area contributed by atoms with Crippen molar-refractivity contribution in [2.24, 2.45) is 15.7 Å². The first-order valence-electron chi connectivity index (χ1n) is 12.1. The molecule has 6 rings (SSSR count). The Morgan fingerprint density at radius 2 is 1.36 bits per heavy atom. The molecule has 1 aliphatic carbocycles. The molecule has 1 aliphatic heterocycles. The number of benzene rings is 4. The molecule has 174 valence electrons. The maximum absolute atomic E-state index is 5.85. The van der Waals surface area contributed by atoms with E-state index in [4.69, 9.17) is 15.7 Å². The van der Waals surface area contributed by atoms with Gasteiger partial charge in [-0.15, -0.1) is 0 Å². The third-order valence-corrected chi connectivity index (χ3v) is 6.72. The Bertz CT molecular complexity index is 1550. The van der Waals surface area contributed by atoms with Gasteiger partial charge in [-0.1, -0.05) is 109 Å². The highest BCUT2D eigenvalue weighted by Crippen LogP contribution is 2.41. The van der Waals surface area contributed by atoms with Gasteiger partial charge in [-0.2, -0.15) is 0 Å². The number of nitrogens with one attached hydrogen (secondary N) is 1. The molecule has 0 radical (unpaired) electrons. The third-order valence-electron chi connectivity index (χ3n) is 6.72. The number of nitrogens with zero attached hydrogens (tertiary/aromatic N) is 2. The van der Waals surface area contributed by atoms with Crippen molar-refractivity contribution in [1.29, 1.82) is 0 Å². The van der Waals surface area contributed by atoms with E-state index in [1.807, 2.05) is 43.3 Å². The fourth-order valence-corrected chi connectivity index (χ4v) is 4.80. The molecule has 4 aromatic rings. The van der Waals surface area contributed by atoms with Crippen molar-refractivity contribution in [3.8, 4) is 0 Å². The first-order chi connectivity index (χ1) is 17.7. The number of hydrogen-bond donors (Lipinski definition) is 2. The van der Waals surface area contributed by atoms with Crippen LogP contribution < -0.4 is 11.1 Å². The van der Waals surface area contributed by atoms with Crippen molar-refractivity contribution in [2.45, 2.75) is 13.1 Å². The van der Waals surface area contributed by atoms with Crippen molar-refractivity contribution in [3.63, 3.8) is 0 Å². The molecule has 0 bridgehead atoms. The van der Waals surface area contributed by atoms with Crippen LogP contribution in [-0.4, -0.2) is 11.7 Å². The lowest BCUT2D eigenvalue weighted by Crippen LogP contribution is -2.36. The minimum absolute atomic E-state index is 0.388. The van der Waals surface area contributed by atoms with E-state index in [1.165, 1.54) is 22.1 Å². The van der Waals surface area contributed by atoms with Crippen LogP contribution in [0.3, 0.4) is 0 Å². The summed E-state index contributed by atoms with van der Waals surface area (Å²) in [7, 11) is 0. The molecular weight excluding hydrogens is 440 g/mol. The van der Waals surface area contributed by atoms with Gasteiger partial charge in [-0.3, -0.25) is 0 Å². The summed E-state index contributed by atoms with van der Waals surface area (Å²) in [5.41, 5.74) is 13.6. The fourth-order valence-electron chi connectivity index (χ4n) is 4.80. The van der Waals surface area contributed by atoms with Gasteiger partial charge in [0.15, 0.2) is 6.17 Å².